The summed E-state index contributed by atoms with van der Waals surface area (Å²) in [5.41, 5.74) is 1.08. The second kappa shape index (κ2) is 7.24. The fourth-order valence-electron chi connectivity index (χ4n) is 2.77. The molecule has 0 aromatic carbocycles. The van der Waals surface area contributed by atoms with Gasteiger partial charge in [0.25, 0.3) is 5.91 Å². The molecule has 4 heteroatoms. The number of rotatable bonds is 2. The van der Waals surface area contributed by atoms with Crippen molar-refractivity contribution in [2.45, 2.75) is 39.2 Å². The molecule has 1 amide bonds. The van der Waals surface area contributed by atoms with Gasteiger partial charge in [-0.25, -0.2) is 0 Å². The number of carbonyl (C=O) groups is 1. The van der Waals surface area contributed by atoms with E-state index in [0.717, 1.165) is 25.2 Å². The summed E-state index contributed by atoms with van der Waals surface area (Å²) in [5, 5.41) is 11.9. The standard InChI is InChI=1S/C17H22N2O2/c1-12-5-6-15(10-13(12)2)19-17(21)16-7-8-18-11-14(16)4-3-9-20/h7-8,11-13,15,20H,5-6,9-10H2,1-2H3,(H,19,21). The highest BCUT2D eigenvalue weighted by Crippen LogP contribution is 2.29. The number of aliphatic hydroxyl groups is 1. The molecule has 3 atom stereocenters. The molecule has 1 fully saturated rings. The van der Waals surface area contributed by atoms with Crippen molar-refractivity contribution < 1.29 is 9.90 Å². The first-order valence-corrected chi connectivity index (χ1v) is 7.46. The van der Waals surface area contributed by atoms with Crippen LogP contribution in [0.3, 0.4) is 0 Å². The zero-order chi connectivity index (χ0) is 15.2. The van der Waals surface area contributed by atoms with Gasteiger partial charge in [0, 0.05) is 18.4 Å². The lowest BCUT2D eigenvalue weighted by molar-refractivity contribution is 0.0910. The van der Waals surface area contributed by atoms with E-state index in [2.05, 4.69) is 36.0 Å². The molecular weight excluding hydrogens is 264 g/mol. The Kier molecular flexibility index (Phi) is 5.35. The van der Waals surface area contributed by atoms with Crippen LogP contribution >= 0.6 is 0 Å². The highest BCUT2D eigenvalue weighted by atomic mass is 16.2. The van der Waals surface area contributed by atoms with Crippen molar-refractivity contribution in [2.75, 3.05) is 6.61 Å². The number of nitrogens with zero attached hydrogens (tertiary/aromatic N) is 1. The Morgan fingerprint density at radius 2 is 2.24 bits per heavy atom. The summed E-state index contributed by atoms with van der Waals surface area (Å²) >= 11 is 0. The molecule has 1 aromatic rings. The molecule has 1 saturated carbocycles. The van der Waals surface area contributed by atoms with E-state index in [4.69, 9.17) is 5.11 Å². The van der Waals surface area contributed by atoms with E-state index in [1.54, 1.807) is 18.5 Å². The van der Waals surface area contributed by atoms with Crippen LogP contribution < -0.4 is 5.32 Å². The van der Waals surface area contributed by atoms with Crippen LogP contribution in [0.15, 0.2) is 18.5 Å². The highest BCUT2D eigenvalue weighted by molar-refractivity contribution is 5.96. The minimum absolute atomic E-state index is 0.105. The molecule has 0 bridgehead atoms. The monoisotopic (exact) mass is 286 g/mol. The largest absolute Gasteiger partial charge is 0.384 e. The Bertz CT molecular complexity index is 559. The lowest BCUT2D eigenvalue weighted by atomic mass is 9.79. The average Bonchev–Trinajstić information content (AvgIpc) is 2.49. The van der Waals surface area contributed by atoms with Crippen molar-refractivity contribution in [1.82, 2.24) is 10.3 Å². The number of nitrogens with one attached hydrogen (secondary N) is 1. The molecule has 0 aliphatic heterocycles. The van der Waals surface area contributed by atoms with Crippen LogP contribution in [-0.2, 0) is 0 Å². The zero-order valence-electron chi connectivity index (χ0n) is 12.6. The van der Waals surface area contributed by atoms with Crippen molar-refractivity contribution in [3.05, 3.63) is 29.6 Å². The van der Waals surface area contributed by atoms with Crippen molar-refractivity contribution in [3.8, 4) is 11.8 Å². The summed E-state index contributed by atoms with van der Waals surface area (Å²) < 4.78 is 0. The van der Waals surface area contributed by atoms with Gasteiger partial charge in [-0.05, 0) is 37.2 Å². The lowest BCUT2D eigenvalue weighted by Crippen LogP contribution is -2.40. The van der Waals surface area contributed by atoms with Gasteiger partial charge in [0.15, 0.2) is 0 Å². The number of amides is 1. The molecule has 0 saturated heterocycles. The summed E-state index contributed by atoms with van der Waals surface area (Å²) in [4.78, 5) is 16.4. The maximum atomic E-state index is 12.4. The van der Waals surface area contributed by atoms with Gasteiger partial charge in [-0.15, -0.1) is 0 Å². The van der Waals surface area contributed by atoms with Gasteiger partial charge in [-0.2, -0.15) is 0 Å². The van der Waals surface area contributed by atoms with Crippen molar-refractivity contribution >= 4 is 5.91 Å². The number of aromatic nitrogens is 1. The molecule has 2 N–H and O–H groups in total. The van der Waals surface area contributed by atoms with Crippen molar-refractivity contribution in [3.63, 3.8) is 0 Å². The van der Waals surface area contributed by atoms with E-state index in [1.807, 2.05) is 0 Å². The Hall–Kier alpha value is -1.86. The molecule has 3 unspecified atom stereocenters. The van der Waals surface area contributed by atoms with Crippen LogP contribution in [0.5, 0.6) is 0 Å². The van der Waals surface area contributed by atoms with E-state index >= 15 is 0 Å². The third-order valence-corrected chi connectivity index (χ3v) is 4.30. The Labute approximate surface area is 126 Å². The van der Waals surface area contributed by atoms with Crippen molar-refractivity contribution in [2.24, 2.45) is 11.8 Å². The molecule has 0 radical (unpaired) electrons. The first-order valence-electron chi connectivity index (χ1n) is 7.46. The Morgan fingerprint density at radius 3 is 2.95 bits per heavy atom. The lowest BCUT2D eigenvalue weighted by Gasteiger charge is -2.32. The maximum Gasteiger partial charge on any atom is 0.252 e. The summed E-state index contributed by atoms with van der Waals surface area (Å²) in [6, 6.07) is 1.90. The van der Waals surface area contributed by atoms with Gasteiger partial charge in [-0.1, -0.05) is 25.7 Å². The fraction of sp³-hybridized carbons (Fsp3) is 0.529. The van der Waals surface area contributed by atoms with E-state index in [0.29, 0.717) is 17.0 Å². The molecule has 112 valence electrons. The number of hydrogen-bond donors (Lipinski definition) is 2. The molecular formula is C17H22N2O2. The van der Waals surface area contributed by atoms with Crippen molar-refractivity contribution in [1.29, 1.82) is 0 Å². The highest BCUT2D eigenvalue weighted by Gasteiger charge is 2.26. The molecule has 2 rings (SSSR count). The number of pyridine rings is 1. The van der Waals surface area contributed by atoms with E-state index in [-0.39, 0.29) is 18.6 Å². The average molecular weight is 286 g/mol. The quantitative estimate of drug-likeness (QED) is 0.817. The normalized spacial score (nSPS) is 24.8. The van der Waals surface area contributed by atoms with Crippen LogP contribution in [0, 0.1) is 23.7 Å². The maximum absolute atomic E-state index is 12.4. The van der Waals surface area contributed by atoms with Crippen LogP contribution in [-0.4, -0.2) is 28.6 Å². The van der Waals surface area contributed by atoms with Gasteiger partial charge in [-0.3, -0.25) is 9.78 Å². The van der Waals surface area contributed by atoms with Gasteiger partial charge < -0.3 is 10.4 Å². The zero-order valence-corrected chi connectivity index (χ0v) is 12.6. The topological polar surface area (TPSA) is 62.2 Å². The summed E-state index contributed by atoms with van der Waals surface area (Å²) in [5.74, 6) is 6.59. The molecule has 1 aromatic heterocycles. The van der Waals surface area contributed by atoms with E-state index in [1.165, 1.54) is 0 Å². The first kappa shape index (κ1) is 15.5. The Morgan fingerprint density at radius 1 is 1.43 bits per heavy atom. The van der Waals surface area contributed by atoms with Gasteiger partial charge in [0.05, 0.1) is 11.1 Å². The number of aliphatic hydroxyl groups excluding tert-OH is 1. The molecule has 4 nitrogen and oxygen atoms in total. The minimum Gasteiger partial charge on any atom is -0.384 e. The molecule has 0 spiro atoms. The second-order valence-corrected chi connectivity index (χ2v) is 5.82. The minimum atomic E-state index is -0.228. The number of hydrogen-bond acceptors (Lipinski definition) is 3. The van der Waals surface area contributed by atoms with Gasteiger partial charge >= 0.3 is 0 Å². The summed E-state index contributed by atoms with van der Waals surface area (Å²) in [6.45, 7) is 4.29. The Balaban J connectivity index is 2.07. The SMILES string of the molecule is CC1CCC(NC(=O)c2ccncc2C#CCO)CC1C. The van der Waals surface area contributed by atoms with E-state index < -0.39 is 0 Å². The first-order chi connectivity index (χ1) is 10.1. The predicted molar refractivity (Wildman–Crippen MR) is 81.6 cm³/mol. The molecule has 1 aliphatic carbocycles. The van der Waals surface area contributed by atoms with Crippen LogP contribution in [0.1, 0.15) is 49.0 Å². The van der Waals surface area contributed by atoms with Crippen LogP contribution in [0.25, 0.3) is 0 Å². The predicted octanol–water partition coefficient (Wildman–Crippen LogP) is 1.98. The fourth-order valence-corrected chi connectivity index (χ4v) is 2.77. The third-order valence-electron chi connectivity index (χ3n) is 4.30. The number of carbonyl (C=O) groups excluding carboxylic acids is 1. The summed E-state index contributed by atoms with van der Waals surface area (Å²) in [7, 11) is 0. The molecule has 1 heterocycles. The molecule has 21 heavy (non-hydrogen) atoms. The van der Waals surface area contributed by atoms with Gasteiger partial charge in [0.2, 0.25) is 0 Å². The summed E-state index contributed by atoms with van der Waals surface area (Å²) in [6.07, 6.45) is 6.35. The second-order valence-electron chi connectivity index (χ2n) is 5.82. The van der Waals surface area contributed by atoms with Crippen LogP contribution in [0.4, 0.5) is 0 Å². The van der Waals surface area contributed by atoms with Gasteiger partial charge in [0.1, 0.15) is 6.61 Å². The third kappa shape index (κ3) is 4.05. The smallest absolute Gasteiger partial charge is 0.252 e. The van der Waals surface area contributed by atoms with E-state index in [9.17, 15) is 4.79 Å². The molecule has 1 aliphatic rings. The van der Waals surface area contributed by atoms with Crippen LogP contribution in [0.2, 0.25) is 0 Å².